The Morgan fingerprint density at radius 1 is 1.53 bits per heavy atom. The maximum absolute atomic E-state index is 14.1. The topological polar surface area (TPSA) is 32.7 Å². The lowest BCUT2D eigenvalue weighted by molar-refractivity contribution is 0.0525. The summed E-state index contributed by atoms with van der Waals surface area (Å²) in [6.07, 6.45) is 1.61. The van der Waals surface area contributed by atoms with Crippen molar-refractivity contribution in [3.8, 4) is 0 Å². The number of rotatable bonds is 4. The fourth-order valence-corrected chi connectivity index (χ4v) is 2.57. The van der Waals surface area contributed by atoms with Gasteiger partial charge in [0.25, 0.3) is 0 Å². The molecule has 2 atom stereocenters. The van der Waals surface area contributed by atoms with Gasteiger partial charge in [-0.3, -0.25) is 0 Å². The zero-order chi connectivity index (χ0) is 13.8. The molecule has 4 heteroatoms. The highest BCUT2D eigenvalue weighted by Crippen LogP contribution is 2.26. The van der Waals surface area contributed by atoms with Crippen LogP contribution in [0.3, 0.4) is 0 Å². The molecule has 1 saturated heterocycles. The van der Waals surface area contributed by atoms with Gasteiger partial charge in [-0.2, -0.15) is 0 Å². The molecule has 1 aliphatic heterocycles. The normalized spacial score (nSPS) is 21.5. The minimum absolute atomic E-state index is 0.189. The highest BCUT2D eigenvalue weighted by atomic mass is 19.1. The minimum Gasteiger partial charge on any atom is -0.389 e. The number of benzene rings is 1. The van der Waals surface area contributed by atoms with E-state index in [0.29, 0.717) is 17.9 Å². The number of piperidine rings is 1. The van der Waals surface area contributed by atoms with Gasteiger partial charge in [-0.05, 0) is 44.4 Å². The van der Waals surface area contributed by atoms with Crippen molar-refractivity contribution in [2.75, 3.05) is 24.6 Å². The third kappa shape index (κ3) is 3.45. The molecule has 19 heavy (non-hydrogen) atoms. The Morgan fingerprint density at radius 2 is 2.32 bits per heavy atom. The molecule has 0 saturated carbocycles. The molecule has 0 radical (unpaired) electrons. The maximum Gasteiger partial charge on any atom is 0.146 e. The molecule has 1 heterocycles. The molecular formula is C15H22FNO2. The highest BCUT2D eigenvalue weighted by Gasteiger charge is 2.22. The number of halogens is 1. The van der Waals surface area contributed by atoms with Crippen molar-refractivity contribution in [3.63, 3.8) is 0 Å². The number of nitrogens with zero attached hydrogens (tertiary/aromatic N) is 1. The van der Waals surface area contributed by atoms with E-state index in [4.69, 9.17) is 4.74 Å². The van der Waals surface area contributed by atoms with Gasteiger partial charge in [0.15, 0.2) is 0 Å². The first-order chi connectivity index (χ1) is 9.11. The zero-order valence-electron chi connectivity index (χ0n) is 11.6. The standard InChI is InChI=1S/C15H22FNO2/c1-3-19-13-5-4-8-17(10-13)15-7-6-12(11(2)18)9-14(15)16/h6-7,9,11,13,18H,3-5,8,10H2,1-2H3/t11-,13?/m1/s1. The maximum atomic E-state index is 14.1. The number of aliphatic hydroxyl groups excluding tert-OH is 1. The monoisotopic (exact) mass is 267 g/mol. The van der Waals surface area contributed by atoms with Crippen LogP contribution in [0.4, 0.5) is 10.1 Å². The molecule has 0 amide bonds. The summed E-state index contributed by atoms with van der Waals surface area (Å²) in [5.74, 6) is -0.268. The van der Waals surface area contributed by atoms with Gasteiger partial charge >= 0.3 is 0 Å². The molecule has 3 nitrogen and oxygen atoms in total. The molecular weight excluding hydrogens is 245 g/mol. The number of ether oxygens (including phenoxy) is 1. The molecule has 0 spiro atoms. The first-order valence-corrected chi connectivity index (χ1v) is 6.96. The van der Waals surface area contributed by atoms with Crippen molar-refractivity contribution in [2.45, 2.75) is 38.9 Å². The van der Waals surface area contributed by atoms with Crippen LogP contribution < -0.4 is 4.90 Å². The van der Waals surface area contributed by atoms with Gasteiger partial charge in [0.05, 0.1) is 17.9 Å². The fraction of sp³-hybridized carbons (Fsp3) is 0.600. The van der Waals surface area contributed by atoms with Crippen molar-refractivity contribution in [2.24, 2.45) is 0 Å². The fourth-order valence-electron chi connectivity index (χ4n) is 2.57. The van der Waals surface area contributed by atoms with Crippen LogP contribution >= 0.6 is 0 Å². The molecule has 1 N–H and O–H groups in total. The third-order valence-electron chi connectivity index (χ3n) is 3.58. The van der Waals surface area contributed by atoms with Gasteiger partial charge in [0.2, 0.25) is 0 Å². The molecule has 1 aromatic rings. The Balaban J connectivity index is 2.12. The first kappa shape index (κ1) is 14.3. The van der Waals surface area contributed by atoms with E-state index < -0.39 is 6.10 Å². The summed E-state index contributed by atoms with van der Waals surface area (Å²) in [5.41, 5.74) is 1.22. The molecule has 2 rings (SSSR count). The zero-order valence-corrected chi connectivity index (χ0v) is 11.6. The van der Waals surface area contributed by atoms with E-state index in [2.05, 4.69) is 0 Å². The van der Waals surface area contributed by atoms with Crippen molar-refractivity contribution in [1.29, 1.82) is 0 Å². The second-order valence-corrected chi connectivity index (χ2v) is 5.05. The van der Waals surface area contributed by atoms with Gasteiger partial charge < -0.3 is 14.7 Å². The molecule has 1 aliphatic rings. The number of aliphatic hydroxyl groups is 1. The lowest BCUT2D eigenvalue weighted by atomic mass is 10.1. The van der Waals surface area contributed by atoms with E-state index in [1.54, 1.807) is 19.1 Å². The Hall–Kier alpha value is -1.13. The second kappa shape index (κ2) is 6.35. The van der Waals surface area contributed by atoms with Gasteiger partial charge in [-0.25, -0.2) is 4.39 Å². The van der Waals surface area contributed by atoms with Crippen LogP contribution in [0.2, 0.25) is 0 Å². The predicted octanol–water partition coefficient (Wildman–Crippen LogP) is 2.88. The second-order valence-electron chi connectivity index (χ2n) is 5.05. The summed E-state index contributed by atoms with van der Waals surface area (Å²) < 4.78 is 19.7. The quantitative estimate of drug-likeness (QED) is 0.910. The molecule has 106 valence electrons. The number of hydrogen-bond donors (Lipinski definition) is 1. The minimum atomic E-state index is -0.638. The molecule has 0 aromatic heterocycles. The van der Waals surface area contributed by atoms with E-state index in [-0.39, 0.29) is 11.9 Å². The van der Waals surface area contributed by atoms with Crippen LogP contribution in [0, 0.1) is 5.82 Å². The summed E-state index contributed by atoms with van der Waals surface area (Å²) >= 11 is 0. The summed E-state index contributed by atoms with van der Waals surface area (Å²) in [7, 11) is 0. The van der Waals surface area contributed by atoms with Crippen molar-refractivity contribution in [3.05, 3.63) is 29.6 Å². The van der Waals surface area contributed by atoms with Crippen LogP contribution in [0.15, 0.2) is 18.2 Å². The van der Waals surface area contributed by atoms with Gasteiger partial charge in [0, 0.05) is 19.7 Å². The summed E-state index contributed by atoms with van der Waals surface area (Å²) in [6, 6.07) is 4.96. The molecule has 1 aromatic carbocycles. The van der Waals surface area contributed by atoms with Crippen LogP contribution in [0.25, 0.3) is 0 Å². The lowest BCUT2D eigenvalue weighted by Crippen LogP contribution is -2.40. The van der Waals surface area contributed by atoms with E-state index in [0.717, 1.165) is 25.9 Å². The van der Waals surface area contributed by atoms with E-state index >= 15 is 0 Å². The van der Waals surface area contributed by atoms with Crippen molar-refractivity contribution >= 4 is 5.69 Å². The summed E-state index contributed by atoms with van der Waals surface area (Å²) in [6.45, 7) is 5.91. The van der Waals surface area contributed by atoms with Gasteiger partial charge in [0.1, 0.15) is 5.82 Å². The smallest absolute Gasteiger partial charge is 0.146 e. The van der Waals surface area contributed by atoms with E-state index in [1.807, 2.05) is 11.8 Å². The van der Waals surface area contributed by atoms with Crippen LogP contribution in [0.1, 0.15) is 38.4 Å². The predicted molar refractivity (Wildman–Crippen MR) is 73.9 cm³/mol. The number of hydrogen-bond acceptors (Lipinski definition) is 3. The Kier molecular flexibility index (Phi) is 4.77. The lowest BCUT2D eigenvalue weighted by Gasteiger charge is -2.34. The SMILES string of the molecule is CCOC1CCCN(c2ccc([C@@H](C)O)cc2F)C1. The summed E-state index contributed by atoms with van der Waals surface area (Å²) in [5, 5.41) is 9.46. The van der Waals surface area contributed by atoms with Crippen molar-refractivity contribution in [1.82, 2.24) is 0 Å². The van der Waals surface area contributed by atoms with E-state index in [1.165, 1.54) is 6.07 Å². The Morgan fingerprint density at radius 3 is 2.95 bits per heavy atom. The third-order valence-corrected chi connectivity index (χ3v) is 3.58. The highest BCUT2D eigenvalue weighted by molar-refractivity contribution is 5.50. The summed E-state index contributed by atoms with van der Waals surface area (Å²) in [4.78, 5) is 2.03. The number of anilines is 1. The van der Waals surface area contributed by atoms with Crippen LogP contribution in [-0.4, -0.2) is 30.9 Å². The average Bonchev–Trinajstić information content (AvgIpc) is 2.39. The largest absolute Gasteiger partial charge is 0.389 e. The Bertz CT molecular complexity index is 421. The van der Waals surface area contributed by atoms with E-state index in [9.17, 15) is 9.50 Å². The van der Waals surface area contributed by atoms with Gasteiger partial charge in [-0.15, -0.1) is 0 Å². The van der Waals surface area contributed by atoms with Crippen molar-refractivity contribution < 1.29 is 14.2 Å². The van der Waals surface area contributed by atoms with Crippen LogP contribution in [-0.2, 0) is 4.74 Å². The van der Waals surface area contributed by atoms with Crippen LogP contribution in [0.5, 0.6) is 0 Å². The molecule has 0 aliphatic carbocycles. The average molecular weight is 267 g/mol. The molecule has 1 fully saturated rings. The molecule has 0 bridgehead atoms. The first-order valence-electron chi connectivity index (χ1n) is 6.96. The van der Waals surface area contributed by atoms with Gasteiger partial charge in [-0.1, -0.05) is 6.07 Å². The Labute approximate surface area is 114 Å². The molecule has 1 unspecified atom stereocenters.